The van der Waals surface area contributed by atoms with Crippen LogP contribution in [0.2, 0.25) is 0 Å². The Kier molecular flexibility index (Phi) is 4.69. The Labute approximate surface area is 163 Å². The largest absolute Gasteiger partial charge is 0.508 e. The molecule has 2 N–H and O–H groups in total. The second-order valence-electron chi connectivity index (χ2n) is 5.60. The number of thioether (sulfide) groups is 1. The molecule has 8 heteroatoms. The van der Waals surface area contributed by atoms with Crippen molar-refractivity contribution in [1.82, 2.24) is 15.2 Å². The maximum atomic E-state index is 9.55. The summed E-state index contributed by atoms with van der Waals surface area (Å²) in [4.78, 5) is 4.55. The number of aromatic hydroxyl groups is 1. The first-order valence-electron chi connectivity index (χ1n) is 8.03. The zero-order valence-electron chi connectivity index (χ0n) is 13.8. The number of rotatable bonds is 3. The Morgan fingerprint density at radius 3 is 2.77 bits per heavy atom. The van der Waals surface area contributed by atoms with Gasteiger partial charge in [0, 0.05) is 21.3 Å². The summed E-state index contributed by atoms with van der Waals surface area (Å²) in [5.74, 6) is 1.48. The molecule has 0 fully saturated rings. The highest BCUT2D eigenvalue weighted by atomic mass is 79.9. The van der Waals surface area contributed by atoms with E-state index in [2.05, 4.69) is 36.4 Å². The number of nitrogens with one attached hydrogen (secondary N) is 1. The fourth-order valence-electron chi connectivity index (χ4n) is 2.66. The van der Waals surface area contributed by atoms with Gasteiger partial charge in [-0.25, -0.2) is 0 Å². The summed E-state index contributed by atoms with van der Waals surface area (Å²) in [7, 11) is 0. The number of fused-ring (bicyclic) bond motifs is 3. The molecule has 0 spiro atoms. The minimum atomic E-state index is -0.465. The second kappa shape index (κ2) is 7.13. The lowest BCUT2D eigenvalue weighted by Gasteiger charge is -2.19. The summed E-state index contributed by atoms with van der Waals surface area (Å²) in [6, 6.07) is 12.8. The van der Waals surface area contributed by atoms with Gasteiger partial charge in [-0.05, 0) is 48.2 Å². The Hall–Kier alpha value is -2.32. The van der Waals surface area contributed by atoms with Crippen molar-refractivity contribution in [2.24, 2.45) is 0 Å². The summed E-state index contributed by atoms with van der Waals surface area (Å²) < 4.78 is 7.09. The minimum Gasteiger partial charge on any atom is -0.508 e. The molecule has 1 aliphatic rings. The summed E-state index contributed by atoms with van der Waals surface area (Å²) in [6.45, 7) is 2.04. The van der Waals surface area contributed by atoms with E-state index in [0.717, 1.165) is 27.0 Å². The van der Waals surface area contributed by atoms with Gasteiger partial charge in [-0.3, -0.25) is 0 Å². The normalized spacial score (nSPS) is 15.2. The van der Waals surface area contributed by atoms with Crippen LogP contribution in [0.25, 0.3) is 11.3 Å². The van der Waals surface area contributed by atoms with Crippen LogP contribution in [0.3, 0.4) is 0 Å². The maximum Gasteiger partial charge on any atom is 0.247 e. The van der Waals surface area contributed by atoms with Crippen LogP contribution in [0.1, 0.15) is 18.7 Å². The predicted octanol–water partition coefficient (Wildman–Crippen LogP) is 4.62. The smallest absolute Gasteiger partial charge is 0.247 e. The van der Waals surface area contributed by atoms with Gasteiger partial charge >= 0.3 is 0 Å². The van der Waals surface area contributed by atoms with Gasteiger partial charge < -0.3 is 15.2 Å². The molecule has 2 heterocycles. The predicted molar refractivity (Wildman–Crippen MR) is 104 cm³/mol. The van der Waals surface area contributed by atoms with Crippen molar-refractivity contribution in [3.05, 3.63) is 52.5 Å². The molecule has 26 heavy (non-hydrogen) atoms. The van der Waals surface area contributed by atoms with Crippen LogP contribution in [0, 0.1) is 0 Å². The first-order valence-corrected chi connectivity index (χ1v) is 9.81. The Bertz CT molecular complexity index is 952. The van der Waals surface area contributed by atoms with Crippen molar-refractivity contribution >= 4 is 33.4 Å². The minimum absolute atomic E-state index is 0.206. The summed E-state index contributed by atoms with van der Waals surface area (Å²) >= 11 is 5.02. The molecule has 2 aromatic carbocycles. The molecule has 1 unspecified atom stereocenters. The van der Waals surface area contributed by atoms with E-state index >= 15 is 0 Å². The molecular weight excluding hydrogens is 416 g/mol. The molecule has 1 aromatic heterocycles. The van der Waals surface area contributed by atoms with E-state index in [-0.39, 0.29) is 5.75 Å². The number of benzene rings is 2. The van der Waals surface area contributed by atoms with E-state index in [9.17, 15) is 5.11 Å². The molecule has 0 saturated carbocycles. The van der Waals surface area contributed by atoms with Gasteiger partial charge in [-0.15, -0.1) is 10.2 Å². The third kappa shape index (κ3) is 3.34. The third-order valence-electron chi connectivity index (χ3n) is 3.86. The highest BCUT2D eigenvalue weighted by molar-refractivity contribution is 9.10. The Morgan fingerprint density at radius 2 is 2.00 bits per heavy atom. The zero-order valence-corrected chi connectivity index (χ0v) is 16.2. The second-order valence-corrected chi connectivity index (χ2v) is 7.75. The summed E-state index contributed by atoms with van der Waals surface area (Å²) in [5, 5.41) is 22.1. The van der Waals surface area contributed by atoms with Crippen LogP contribution in [-0.4, -0.2) is 26.0 Å². The van der Waals surface area contributed by atoms with Gasteiger partial charge in [0.15, 0.2) is 11.9 Å². The van der Waals surface area contributed by atoms with Gasteiger partial charge in [0.1, 0.15) is 5.75 Å². The highest BCUT2D eigenvalue weighted by Gasteiger charge is 2.26. The summed E-state index contributed by atoms with van der Waals surface area (Å²) in [6.07, 6.45) is -0.465. The SMILES string of the molecule is CCSc1nnc2c(n1)OC(c1ccc(O)cc1)Nc1ccc(Br)cc1-2. The van der Waals surface area contributed by atoms with Gasteiger partial charge in [0.25, 0.3) is 0 Å². The highest BCUT2D eigenvalue weighted by Crippen LogP contribution is 2.40. The van der Waals surface area contributed by atoms with Crippen molar-refractivity contribution in [3.8, 4) is 22.9 Å². The lowest BCUT2D eigenvalue weighted by atomic mass is 10.1. The van der Waals surface area contributed by atoms with E-state index < -0.39 is 6.23 Å². The van der Waals surface area contributed by atoms with Crippen molar-refractivity contribution in [2.45, 2.75) is 18.3 Å². The van der Waals surface area contributed by atoms with E-state index in [1.807, 2.05) is 37.3 Å². The van der Waals surface area contributed by atoms with Crippen LogP contribution >= 0.6 is 27.7 Å². The van der Waals surface area contributed by atoms with E-state index in [1.54, 1.807) is 12.1 Å². The molecule has 132 valence electrons. The number of phenols is 1. The summed E-state index contributed by atoms with van der Waals surface area (Å²) in [5.41, 5.74) is 3.20. The first-order chi connectivity index (χ1) is 12.6. The average molecular weight is 431 g/mol. The van der Waals surface area contributed by atoms with Crippen molar-refractivity contribution < 1.29 is 9.84 Å². The fourth-order valence-corrected chi connectivity index (χ4v) is 3.53. The number of anilines is 1. The van der Waals surface area contributed by atoms with Gasteiger partial charge in [0.05, 0.1) is 0 Å². The third-order valence-corrected chi connectivity index (χ3v) is 5.07. The van der Waals surface area contributed by atoms with Gasteiger partial charge in [0.2, 0.25) is 11.0 Å². The Morgan fingerprint density at radius 1 is 1.19 bits per heavy atom. The monoisotopic (exact) mass is 430 g/mol. The number of ether oxygens (including phenoxy) is 1. The number of halogens is 1. The van der Waals surface area contributed by atoms with Crippen LogP contribution in [0.5, 0.6) is 11.6 Å². The number of nitrogens with zero attached hydrogens (tertiary/aromatic N) is 3. The molecule has 0 aliphatic carbocycles. The fraction of sp³-hybridized carbons (Fsp3) is 0.167. The van der Waals surface area contributed by atoms with Crippen LogP contribution in [0.15, 0.2) is 52.1 Å². The molecule has 6 nitrogen and oxygen atoms in total. The number of hydrogen-bond acceptors (Lipinski definition) is 7. The lowest BCUT2D eigenvalue weighted by molar-refractivity contribution is 0.225. The van der Waals surface area contributed by atoms with E-state index in [1.165, 1.54) is 11.8 Å². The zero-order chi connectivity index (χ0) is 18.1. The van der Waals surface area contributed by atoms with Crippen molar-refractivity contribution in [2.75, 3.05) is 11.1 Å². The molecule has 0 radical (unpaired) electrons. The molecule has 1 atom stereocenters. The number of hydrogen-bond donors (Lipinski definition) is 2. The lowest BCUT2D eigenvalue weighted by Crippen LogP contribution is -2.17. The maximum absolute atomic E-state index is 9.55. The molecule has 0 saturated heterocycles. The van der Waals surface area contributed by atoms with Crippen molar-refractivity contribution in [3.63, 3.8) is 0 Å². The molecule has 3 aromatic rings. The quantitative estimate of drug-likeness (QED) is 0.586. The van der Waals surface area contributed by atoms with Crippen molar-refractivity contribution in [1.29, 1.82) is 0 Å². The van der Waals surface area contributed by atoms with E-state index in [0.29, 0.717) is 16.7 Å². The van der Waals surface area contributed by atoms with Crippen LogP contribution in [-0.2, 0) is 0 Å². The molecular formula is C18H15BrN4O2S. The van der Waals surface area contributed by atoms with Gasteiger partial charge in [-0.1, -0.05) is 34.6 Å². The standard InChI is InChI=1S/C18H15BrN4O2S/c1-2-26-18-21-17-15(22-23-18)13-9-11(19)5-8-14(13)20-16(25-17)10-3-6-12(24)7-4-10/h3-9,16,20,24H,2H2,1H3. The number of aromatic nitrogens is 3. The molecule has 1 aliphatic heterocycles. The van der Waals surface area contributed by atoms with Crippen LogP contribution < -0.4 is 10.1 Å². The molecule has 0 bridgehead atoms. The number of phenolic OH excluding ortho intramolecular Hbond substituents is 1. The molecule has 0 amide bonds. The average Bonchev–Trinajstić information content (AvgIpc) is 2.79. The van der Waals surface area contributed by atoms with Crippen LogP contribution in [0.4, 0.5) is 5.69 Å². The van der Waals surface area contributed by atoms with Gasteiger partial charge in [-0.2, -0.15) is 4.98 Å². The topological polar surface area (TPSA) is 80.2 Å². The Balaban J connectivity index is 1.84. The van der Waals surface area contributed by atoms with E-state index in [4.69, 9.17) is 4.74 Å². The first kappa shape index (κ1) is 17.1. The molecule has 4 rings (SSSR count).